The first-order valence-electron chi connectivity index (χ1n) is 7.74. The van der Waals surface area contributed by atoms with Crippen LogP contribution in [0.3, 0.4) is 0 Å². The van der Waals surface area contributed by atoms with Gasteiger partial charge in [-0.2, -0.15) is 0 Å². The summed E-state index contributed by atoms with van der Waals surface area (Å²) in [6.45, 7) is 3.33. The van der Waals surface area contributed by atoms with Crippen LogP contribution < -0.4 is 10.6 Å². The van der Waals surface area contributed by atoms with Gasteiger partial charge in [0, 0.05) is 29.1 Å². The summed E-state index contributed by atoms with van der Waals surface area (Å²) < 4.78 is 0. The largest absolute Gasteiger partial charge is 0.347 e. The maximum atomic E-state index is 12.0. The van der Waals surface area contributed by atoms with E-state index in [-0.39, 0.29) is 17.3 Å². The Morgan fingerprint density at radius 3 is 2.36 bits per heavy atom. The Bertz CT molecular complexity index is 796. The Morgan fingerprint density at radius 2 is 1.76 bits per heavy atom. The number of hydrogen-bond acceptors (Lipinski definition) is 4. The van der Waals surface area contributed by atoms with Crippen molar-refractivity contribution in [3.05, 3.63) is 71.6 Å². The molecule has 1 aromatic carbocycles. The molecular formula is C19H19N3O3. The van der Waals surface area contributed by atoms with Gasteiger partial charge in [-0.05, 0) is 50.2 Å². The Kier molecular flexibility index (Phi) is 6.17. The summed E-state index contributed by atoms with van der Waals surface area (Å²) in [6.07, 6.45) is 2.88. The highest BCUT2D eigenvalue weighted by atomic mass is 16.2. The van der Waals surface area contributed by atoms with E-state index >= 15 is 0 Å². The van der Waals surface area contributed by atoms with Gasteiger partial charge in [0.2, 0.25) is 11.8 Å². The molecular weight excluding hydrogens is 318 g/mol. The average Bonchev–Trinajstić information content (AvgIpc) is 2.60. The van der Waals surface area contributed by atoms with Crippen molar-refractivity contribution in [3.63, 3.8) is 0 Å². The number of Topliss-reactive ketones (excluding diaryl/α,β-unsaturated/α-hetero) is 1. The minimum atomic E-state index is -0.416. The molecule has 0 aliphatic rings. The highest BCUT2D eigenvalue weighted by Crippen LogP contribution is 2.10. The molecule has 25 heavy (non-hydrogen) atoms. The zero-order valence-electron chi connectivity index (χ0n) is 14.1. The van der Waals surface area contributed by atoms with Gasteiger partial charge in [-0.3, -0.25) is 19.4 Å². The number of rotatable bonds is 6. The molecule has 1 aromatic heterocycles. The van der Waals surface area contributed by atoms with Gasteiger partial charge in [-0.1, -0.05) is 6.07 Å². The maximum Gasteiger partial charge on any atom is 0.248 e. The fourth-order valence-corrected chi connectivity index (χ4v) is 2.04. The second kappa shape index (κ2) is 8.54. The molecule has 2 rings (SSSR count). The van der Waals surface area contributed by atoms with Crippen LogP contribution in [0.25, 0.3) is 0 Å². The summed E-state index contributed by atoms with van der Waals surface area (Å²) in [4.78, 5) is 39.3. The summed E-state index contributed by atoms with van der Waals surface area (Å²) in [6, 6.07) is 12.0. The van der Waals surface area contributed by atoms with Gasteiger partial charge in [0.05, 0.1) is 12.2 Å². The molecule has 0 spiro atoms. The van der Waals surface area contributed by atoms with Crippen LogP contribution in [0.1, 0.15) is 29.9 Å². The first-order valence-corrected chi connectivity index (χ1v) is 7.74. The number of ketones is 1. The van der Waals surface area contributed by atoms with Crippen molar-refractivity contribution in [1.82, 2.24) is 10.3 Å². The van der Waals surface area contributed by atoms with Gasteiger partial charge < -0.3 is 10.6 Å². The number of carbonyl (C=O) groups is 3. The van der Waals surface area contributed by atoms with Crippen LogP contribution in [0.15, 0.2) is 60.3 Å². The lowest BCUT2D eigenvalue weighted by molar-refractivity contribution is -0.118. The molecule has 0 fully saturated rings. The highest BCUT2D eigenvalue weighted by molar-refractivity contribution is 6.06. The molecule has 0 saturated carbocycles. The van der Waals surface area contributed by atoms with E-state index < -0.39 is 5.91 Å². The van der Waals surface area contributed by atoms with Gasteiger partial charge in [0.15, 0.2) is 5.78 Å². The average molecular weight is 337 g/mol. The number of nitrogens with zero attached hydrogens (tertiary/aromatic N) is 1. The quantitative estimate of drug-likeness (QED) is 0.626. The van der Waals surface area contributed by atoms with Crippen LogP contribution in [-0.4, -0.2) is 22.6 Å². The molecule has 0 unspecified atom stereocenters. The van der Waals surface area contributed by atoms with Crippen LogP contribution in [0.2, 0.25) is 0 Å². The number of carbonyl (C=O) groups excluding carboxylic acids is 3. The van der Waals surface area contributed by atoms with E-state index in [2.05, 4.69) is 15.6 Å². The second-order valence-corrected chi connectivity index (χ2v) is 5.45. The molecule has 0 atom stereocenters. The van der Waals surface area contributed by atoms with Crippen LogP contribution in [0.5, 0.6) is 0 Å². The van der Waals surface area contributed by atoms with Crippen LogP contribution >= 0.6 is 0 Å². The number of anilines is 1. The second-order valence-electron chi connectivity index (χ2n) is 5.45. The number of pyridine rings is 1. The minimum absolute atomic E-state index is 0.0433. The summed E-state index contributed by atoms with van der Waals surface area (Å²) in [5.41, 5.74) is 2.14. The molecule has 2 N–H and O–H groups in total. The van der Waals surface area contributed by atoms with E-state index in [4.69, 9.17) is 0 Å². The predicted molar refractivity (Wildman–Crippen MR) is 94.9 cm³/mol. The third-order valence-electron chi connectivity index (χ3n) is 3.42. The Morgan fingerprint density at radius 1 is 1.04 bits per heavy atom. The van der Waals surface area contributed by atoms with Crippen LogP contribution in [0.4, 0.5) is 5.69 Å². The lowest BCUT2D eigenvalue weighted by atomic mass is 10.1. The van der Waals surface area contributed by atoms with Gasteiger partial charge in [-0.15, -0.1) is 0 Å². The fraction of sp³-hybridized carbons (Fsp3) is 0.158. The van der Waals surface area contributed by atoms with Crippen molar-refractivity contribution in [3.8, 4) is 0 Å². The monoisotopic (exact) mass is 337 g/mol. The van der Waals surface area contributed by atoms with E-state index in [1.807, 2.05) is 6.07 Å². The highest BCUT2D eigenvalue weighted by Gasteiger charge is 2.07. The molecule has 1 heterocycles. The van der Waals surface area contributed by atoms with E-state index in [0.717, 1.165) is 5.69 Å². The third-order valence-corrected chi connectivity index (χ3v) is 3.42. The van der Waals surface area contributed by atoms with E-state index in [9.17, 15) is 14.4 Å². The zero-order valence-corrected chi connectivity index (χ0v) is 14.1. The van der Waals surface area contributed by atoms with Gasteiger partial charge in [0.25, 0.3) is 0 Å². The van der Waals surface area contributed by atoms with E-state index in [0.29, 0.717) is 17.8 Å². The topological polar surface area (TPSA) is 88.2 Å². The first-order chi connectivity index (χ1) is 12.0. The molecule has 6 heteroatoms. The third kappa shape index (κ3) is 5.69. The molecule has 2 amide bonds. The fourth-order valence-electron chi connectivity index (χ4n) is 2.04. The maximum absolute atomic E-state index is 12.0. The standard InChI is InChI=1S/C19H19N3O3/c1-13(19(25)21-12-17-5-3-4-10-20-17)11-18(24)22-16-8-6-15(7-9-16)14(2)23/h3-11H,12H2,1-2H3,(H,21,25)(H,22,24)/b13-11-. The zero-order chi connectivity index (χ0) is 18.2. The lowest BCUT2D eigenvalue weighted by Crippen LogP contribution is -2.25. The number of hydrogen-bond donors (Lipinski definition) is 2. The summed E-state index contributed by atoms with van der Waals surface area (Å²) in [5, 5.41) is 5.35. The number of aromatic nitrogens is 1. The summed E-state index contributed by atoms with van der Waals surface area (Å²) in [5.74, 6) is -0.799. The Balaban J connectivity index is 1.90. The molecule has 0 saturated heterocycles. The lowest BCUT2D eigenvalue weighted by Gasteiger charge is -2.06. The van der Waals surface area contributed by atoms with Crippen LogP contribution in [0, 0.1) is 0 Å². The Labute approximate surface area is 146 Å². The molecule has 0 bridgehead atoms. The van der Waals surface area contributed by atoms with Gasteiger partial charge in [-0.25, -0.2) is 0 Å². The first kappa shape index (κ1) is 18.1. The van der Waals surface area contributed by atoms with Crippen molar-refractivity contribution < 1.29 is 14.4 Å². The molecule has 2 aromatic rings. The predicted octanol–water partition coefficient (Wildman–Crippen LogP) is 2.49. The molecule has 0 aliphatic heterocycles. The number of benzene rings is 1. The van der Waals surface area contributed by atoms with Crippen molar-refractivity contribution in [2.24, 2.45) is 0 Å². The smallest absolute Gasteiger partial charge is 0.248 e. The molecule has 128 valence electrons. The number of amides is 2. The summed E-state index contributed by atoms with van der Waals surface area (Å²) in [7, 11) is 0. The van der Waals surface area contributed by atoms with Crippen LogP contribution in [-0.2, 0) is 16.1 Å². The molecule has 0 aliphatic carbocycles. The summed E-state index contributed by atoms with van der Waals surface area (Å²) >= 11 is 0. The molecule has 0 radical (unpaired) electrons. The van der Waals surface area contributed by atoms with Gasteiger partial charge >= 0.3 is 0 Å². The Hall–Kier alpha value is -3.28. The number of nitrogens with one attached hydrogen (secondary N) is 2. The van der Waals surface area contributed by atoms with E-state index in [1.54, 1.807) is 49.5 Å². The van der Waals surface area contributed by atoms with Gasteiger partial charge in [0.1, 0.15) is 0 Å². The van der Waals surface area contributed by atoms with Crippen molar-refractivity contribution in [2.45, 2.75) is 20.4 Å². The van der Waals surface area contributed by atoms with E-state index in [1.165, 1.54) is 13.0 Å². The molecule has 6 nitrogen and oxygen atoms in total. The van der Waals surface area contributed by atoms with Crippen molar-refractivity contribution >= 4 is 23.3 Å². The minimum Gasteiger partial charge on any atom is -0.347 e. The normalized spacial score (nSPS) is 10.9. The van der Waals surface area contributed by atoms with Crippen molar-refractivity contribution in [2.75, 3.05) is 5.32 Å². The SMILES string of the molecule is CC(=O)c1ccc(NC(=O)/C=C(/C)C(=O)NCc2ccccn2)cc1. The van der Waals surface area contributed by atoms with Crippen molar-refractivity contribution in [1.29, 1.82) is 0 Å².